The lowest BCUT2D eigenvalue weighted by Crippen LogP contribution is -2.60. The van der Waals surface area contributed by atoms with Crippen molar-refractivity contribution in [2.24, 2.45) is 0 Å². The zero-order valence-electron chi connectivity index (χ0n) is 32.9. The number of amides is 4. The highest BCUT2D eigenvalue weighted by Crippen LogP contribution is 2.29. The third-order valence-electron chi connectivity index (χ3n) is 12.7. The third-order valence-corrected chi connectivity index (χ3v) is 12.7. The number of urea groups is 1. The van der Waals surface area contributed by atoms with Crippen LogP contribution in [0.4, 0.5) is 15.3 Å². The molecule has 0 saturated carbocycles. The van der Waals surface area contributed by atoms with Gasteiger partial charge < -0.3 is 64.0 Å². The molecular weight excluding hydrogens is 768 g/mol. The minimum absolute atomic E-state index is 0.0458. The zero-order valence-corrected chi connectivity index (χ0v) is 32.9. The van der Waals surface area contributed by atoms with Crippen molar-refractivity contribution in [1.82, 2.24) is 24.6 Å². The molecule has 0 unspecified atom stereocenters. The number of aromatic amines is 1. The van der Waals surface area contributed by atoms with Crippen LogP contribution in [-0.4, -0.2) is 170 Å². The Balaban J connectivity index is 0.857. The number of nitrogens with one attached hydrogen (secondary N) is 2. The molecule has 8 rings (SSSR count). The van der Waals surface area contributed by atoms with E-state index in [2.05, 4.69) is 15.2 Å². The molecule has 6 N–H and O–H groups in total. The number of piperidine rings is 3. The monoisotopic (exact) mass is 822 g/mol. The molecule has 18 heteroatoms. The van der Waals surface area contributed by atoms with E-state index in [-0.39, 0.29) is 36.5 Å². The van der Waals surface area contributed by atoms with Crippen molar-refractivity contribution in [2.45, 2.75) is 106 Å². The SMILES string of the molecule is O=C(O[C@H](Cc1ccc2[nH]c(=O)oc2c1)C(=O)N1CCC(N2CCC(O[C@H]3O[C@H](CO)[C@@H](O)[C@H](O)[C@H]3O)CC2)CC1)N1CCC(N2CCc3ccccc3NC2=O)CC1. The molecule has 320 valence electrons. The molecule has 5 aliphatic heterocycles. The molecule has 4 saturated heterocycles. The fourth-order valence-corrected chi connectivity index (χ4v) is 9.21. The lowest BCUT2D eigenvalue weighted by Gasteiger charge is -2.44. The Labute approximate surface area is 340 Å². The van der Waals surface area contributed by atoms with Gasteiger partial charge in [0.15, 0.2) is 18.0 Å². The summed E-state index contributed by atoms with van der Waals surface area (Å²) in [4.78, 5) is 63.2. The zero-order chi connectivity index (χ0) is 41.2. The van der Waals surface area contributed by atoms with Crippen molar-refractivity contribution < 1.29 is 53.4 Å². The number of anilines is 1. The molecule has 4 amide bonds. The molecular formula is C41H54N6O12. The molecule has 18 nitrogen and oxygen atoms in total. The number of aliphatic hydroxyl groups is 4. The number of oxazole rings is 1. The first kappa shape index (κ1) is 41.2. The van der Waals surface area contributed by atoms with E-state index in [0.717, 1.165) is 17.7 Å². The van der Waals surface area contributed by atoms with Gasteiger partial charge >= 0.3 is 17.9 Å². The first-order chi connectivity index (χ1) is 28.5. The van der Waals surface area contributed by atoms with Crippen LogP contribution in [0.5, 0.6) is 0 Å². The van der Waals surface area contributed by atoms with Gasteiger partial charge in [-0.3, -0.25) is 9.78 Å². The smallest absolute Gasteiger partial charge is 0.417 e. The fourth-order valence-electron chi connectivity index (χ4n) is 9.21. The second kappa shape index (κ2) is 18.0. The van der Waals surface area contributed by atoms with Crippen LogP contribution in [0.3, 0.4) is 0 Å². The summed E-state index contributed by atoms with van der Waals surface area (Å²) in [6, 6.07) is 13.0. The van der Waals surface area contributed by atoms with Crippen molar-refractivity contribution in [2.75, 3.05) is 57.7 Å². The van der Waals surface area contributed by atoms with Crippen LogP contribution in [0, 0.1) is 0 Å². The van der Waals surface area contributed by atoms with Crippen molar-refractivity contribution in [3.05, 3.63) is 64.1 Å². The molecule has 0 bridgehead atoms. The summed E-state index contributed by atoms with van der Waals surface area (Å²) < 4.78 is 22.8. The summed E-state index contributed by atoms with van der Waals surface area (Å²) >= 11 is 0. The molecule has 0 spiro atoms. The van der Waals surface area contributed by atoms with Crippen LogP contribution in [0.15, 0.2) is 51.7 Å². The summed E-state index contributed by atoms with van der Waals surface area (Å²) in [5.41, 5.74) is 3.44. The molecule has 3 aromatic rings. The van der Waals surface area contributed by atoms with E-state index >= 15 is 0 Å². The lowest BCUT2D eigenvalue weighted by molar-refractivity contribution is -0.313. The van der Waals surface area contributed by atoms with Gasteiger partial charge in [0.25, 0.3) is 5.91 Å². The van der Waals surface area contributed by atoms with Gasteiger partial charge in [-0.2, -0.15) is 0 Å². The molecule has 2 aromatic carbocycles. The Bertz CT molecular complexity index is 2000. The largest absolute Gasteiger partial charge is 0.436 e. The Morgan fingerprint density at radius 1 is 0.831 bits per heavy atom. The average molecular weight is 823 g/mol. The number of aliphatic hydroxyl groups excluding tert-OH is 4. The molecule has 5 aliphatic rings. The molecule has 0 aliphatic carbocycles. The van der Waals surface area contributed by atoms with Crippen LogP contribution in [0.25, 0.3) is 11.1 Å². The van der Waals surface area contributed by atoms with Crippen molar-refractivity contribution in [1.29, 1.82) is 0 Å². The topological polar surface area (TPSA) is 231 Å². The number of para-hydroxylation sites is 1. The minimum Gasteiger partial charge on any atom is -0.436 e. The Morgan fingerprint density at radius 3 is 2.29 bits per heavy atom. The van der Waals surface area contributed by atoms with E-state index in [1.165, 1.54) is 0 Å². The Kier molecular flexibility index (Phi) is 12.5. The second-order valence-electron chi connectivity index (χ2n) is 16.3. The average Bonchev–Trinajstić information content (AvgIpc) is 3.54. The number of nitrogens with zero attached hydrogens (tertiary/aromatic N) is 4. The predicted molar refractivity (Wildman–Crippen MR) is 210 cm³/mol. The number of likely N-dealkylation sites (tertiary alicyclic amines) is 3. The highest BCUT2D eigenvalue weighted by atomic mass is 16.7. The van der Waals surface area contributed by atoms with E-state index in [1.807, 2.05) is 29.2 Å². The maximum Gasteiger partial charge on any atom is 0.417 e. The summed E-state index contributed by atoms with van der Waals surface area (Å²) in [6.07, 6.45) is -3.85. The maximum atomic E-state index is 14.2. The van der Waals surface area contributed by atoms with Gasteiger partial charge in [0, 0.05) is 70.0 Å². The first-order valence-electron chi connectivity index (χ1n) is 20.8. The number of carbonyl (C=O) groups is 3. The number of aromatic nitrogens is 1. The van der Waals surface area contributed by atoms with Gasteiger partial charge in [-0.15, -0.1) is 0 Å². The number of ether oxygens (including phenoxy) is 3. The van der Waals surface area contributed by atoms with Gasteiger partial charge in [-0.1, -0.05) is 24.3 Å². The second-order valence-corrected chi connectivity index (χ2v) is 16.3. The predicted octanol–water partition coefficient (Wildman–Crippen LogP) is 0.995. The van der Waals surface area contributed by atoms with Crippen LogP contribution < -0.4 is 11.1 Å². The van der Waals surface area contributed by atoms with Crippen molar-refractivity contribution in [3.8, 4) is 0 Å². The number of hydrogen-bond acceptors (Lipinski definition) is 13. The van der Waals surface area contributed by atoms with Crippen LogP contribution in [-0.2, 0) is 31.8 Å². The molecule has 6 heterocycles. The maximum absolute atomic E-state index is 14.2. The van der Waals surface area contributed by atoms with E-state index in [1.54, 1.807) is 28.0 Å². The Hall–Kier alpha value is -4.56. The summed E-state index contributed by atoms with van der Waals surface area (Å²) in [5.74, 6) is -0.884. The number of hydrogen-bond donors (Lipinski definition) is 6. The fraction of sp³-hybridized carbons (Fsp3) is 0.610. The summed E-state index contributed by atoms with van der Waals surface area (Å²) in [6.45, 7) is 3.17. The molecule has 59 heavy (non-hydrogen) atoms. The van der Waals surface area contributed by atoms with Gasteiger partial charge in [0.2, 0.25) is 0 Å². The lowest BCUT2D eigenvalue weighted by atomic mass is 9.97. The highest BCUT2D eigenvalue weighted by Gasteiger charge is 2.45. The minimum atomic E-state index is -1.50. The van der Waals surface area contributed by atoms with Gasteiger partial charge in [0.05, 0.1) is 18.2 Å². The summed E-state index contributed by atoms with van der Waals surface area (Å²) in [7, 11) is 0. The van der Waals surface area contributed by atoms with E-state index in [4.69, 9.17) is 18.6 Å². The number of carbonyl (C=O) groups excluding carboxylic acids is 3. The van der Waals surface area contributed by atoms with Crippen molar-refractivity contribution in [3.63, 3.8) is 0 Å². The van der Waals surface area contributed by atoms with Gasteiger partial charge in [0.1, 0.15) is 24.4 Å². The molecule has 4 fully saturated rings. The molecule has 1 aromatic heterocycles. The van der Waals surface area contributed by atoms with Gasteiger partial charge in [-0.25, -0.2) is 14.4 Å². The normalized spacial score (nSPS) is 27.3. The summed E-state index contributed by atoms with van der Waals surface area (Å²) in [5, 5.41) is 43.2. The molecule has 0 radical (unpaired) electrons. The number of fused-ring (bicyclic) bond motifs is 2. The van der Waals surface area contributed by atoms with E-state index < -0.39 is 55.3 Å². The van der Waals surface area contributed by atoms with Gasteiger partial charge in [-0.05, 0) is 74.3 Å². The van der Waals surface area contributed by atoms with Crippen molar-refractivity contribution >= 4 is 34.8 Å². The Morgan fingerprint density at radius 2 is 1.54 bits per heavy atom. The first-order valence-corrected chi connectivity index (χ1v) is 20.8. The van der Waals surface area contributed by atoms with E-state index in [0.29, 0.717) is 101 Å². The number of rotatable bonds is 9. The third kappa shape index (κ3) is 9.13. The number of benzene rings is 2. The quantitative estimate of drug-likeness (QED) is 0.177. The van der Waals surface area contributed by atoms with Crippen LogP contribution in [0.1, 0.15) is 49.7 Å². The van der Waals surface area contributed by atoms with Crippen LogP contribution >= 0.6 is 0 Å². The highest BCUT2D eigenvalue weighted by molar-refractivity contribution is 5.91. The van der Waals surface area contributed by atoms with Crippen LogP contribution in [0.2, 0.25) is 0 Å². The number of H-pyrrole nitrogens is 1. The molecule has 6 atom stereocenters. The van der Waals surface area contributed by atoms with E-state index in [9.17, 15) is 39.6 Å². The standard InChI is InChI=1S/C41H54N6O12/c48-23-33-34(49)35(50)36(51)38(57-33)56-28-12-18-44(19-13-28)26-8-14-45(15-9-26)37(52)32(22-24-5-6-30-31(21-24)58-40(54)43-30)59-41(55)46-16-10-27(11-17-46)47-20-7-25-3-1-2-4-29(25)42-39(47)53/h1-6,21,26-28,32-36,38,48-51H,7-20,22-23H2,(H,42,53)(H,43,54)/t32-,33-,34-,35+,36-,38+/m1/s1.